The summed E-state index contributed by atoms with van der Waals surface area (Å²) in [7, 11) is 0. The first kappa shape index (κ1) is 9.40. The highest BCUT2D eigenvalue weighted by Crippen LogP contribution is 2.07. The van der Waals surface area contributed by atoms with Crippen LogP contribution in [0.25, 0.3) is 0 Å². The second-order valence-electron chi connectivity index (χ2n) is 2.60. The molecule has 68 valence electrons. The van der Waals surface area contributed by atoms with Crippen molar-refractivity contribution in [3.05, 3.63) is 23.7 Å². The Morgan fingerprint density at radius 1 is 1.77 bits per heavy atom. The number of terminal acetylenes is 1. The molecule has 0 aromatic carbocycles. The Hall–Kier alpha value is -1.69. The second-order valence-corrected chi connectivity index (χ2v) is 2.60. The summed E-state index contributed by atoms with van der Waals surface area (Å²) in [6, 6.07) is 1.64. The van der Waals surface area contributed by atoms with Crippen LogP contribution >= 0.6 is 0 Å². The van der Waals surface area contributed by atoms with Crippen molar-refractivity contribution in [2.75, 3.05) is 6.54 Å². The zero-order chi connectivity index (χ0) is 9.68. The number of furan rings is 1. The van der Waals surface area contributed by atoms with E-state index in [1.165, 1.54) is 6.26 Å². The maximum absolute atomic E-state index is 11.4. The van der Waals surface area contributed by atoms with Gasteiger partial charge in [-0.3, -0.25) is 4.79 Å². The second kappa shape index (κ2) is 4.36. The van der Waals surface area contributed by atoms with Crippen molar-refractivity contribution >= 4 is 5.91 Å². The van der Waals surface area contributed by atoms with Gasteiger partial charge in [-0.1, -0.05) is 0 Å². The molecule has 0 fully saturated rings. The quantitative estimate of drug-likeness (QED) is 0.559. The highest BCUT2D eigenvalue weighted by molar-refractivity contribution is 5.94. The summed E-state index contributed by atoms with van der Waals surface area (Å²) < 4.78 is 4.99. The van der Waals surface area contributed by atoms with E-state index in [9.17, 15) is 4.79 Å². The zero-order valence-corrected chi connectivity index (χ0v) is 7.46. The van der Waals surface area contributed by atoms with Gasteiger partial charge in [0.15, 0.2) is 0 Å². The van der Waals surface area contributed by atoms with Crippen molar-refractivity contribution in [2.24, 2.45) is 0 Å². The lowest BCUT2D eigenvalue weighted by Crippen LogP contribution is -2.24. The van der Waals surface area contributed by atoms with Crippen molar-refractivity contribution in [3.8, 4) is 12.3 Å². The third-order valence-electron chi connectivity index (χ3n) is 1.66. The molecule has 3 heteroatoms. The first-order chi connectivity index (χ1) is 6.25. The highest BCUT2D eigenvalue weighted by atomic mass is 16.3. The molecule has 3 nitrogen and oxygen atoms in total. The van der Waals surface area contributed by atoms with Crippen LogP contribution in [0.2, 0.25) is 0 Å². The molecule has 0 radical (unpaired) electrons. The van der Waals surface area contributed by atoms with Gasteiger partial charge in [0.05, 0.1) is 11.8 Å². The minimum Gasteiger partial charge on any atom is -0.469 e. The summed E-state index contributed by atoms with van der Waals surface area (Å²) in [5.41, 5.74) is 0.567. The smallest absolute Gasteiger partial charge is 0.254 e. The van der Waals surface area contributed by atoms with Crippen LogP contribution in [0.1, 0.15) is 22.5 Å². The van der Waals surface area contributed by atoms with Crippen LogP contribution in [0.5, 0.6) is 0 Å². The van der Waals surface area contributed by atoms with Gasteiger partial charge in [0.25, 0.3) is 5.91 Å². The Labute approximate surface area is 77.1 Å². The van der Waals surface area contributed by atoms with Crippen molar-refractivity contribution in [1.29, 1.82) is 0 Å². The summed E-state index contributed by atoms with van der Waals surface area (Å²) in [6.07, 6.45) is 7.08. The van der Waals surface area contributed by atoms with Gasteiger partial charge in [-0.2, -0.15) is 0 Å². The van der Waals surface area contributed by atoms with Gasteiger partial charge < -0.3 is 9.73 Å². The van der Waals surface area contributed by atoms with E-state index in [1.807, 2.05) is 0 Å². The Bertz CT molecular complexity index is 333. The van der Waals surface area contributed by atoms with Crippen LogP contribution in [0.3, 0.4) is 0 Å². The van der Waals surface area contributed by atoms with E-state index in [0.29, 0.717) is 24.3 Å². The predicted octanol–water partition coefficient (Wildman–Crippen LogP) is 1.34. The van der Waals surface area contributed by atoms with E-state index in [4.69, 9.17) is 10.8 Å². The number of amides is 1. The van der Waals surface area contributed by atoms with Gasteiger partial charge in [0, 0.05) is 13.0 Å². The third-order valence-corrected chi connectivity index (χ3v) is 1.66. The fraction of sp³-hybridized carbons (Fsp3) is 0.300. The summed E-state index contributed by atoms with van der Waals surface area (Å²) in [4.78, 5) is 11.4. The molecule has 1 aromatic heterocycles. The lowest BCUT2D eigenvalue weighted by molar-refractivity contribution is 0.0953. The number of carbonyl (C=O) groups excluding carboxylic acids is 1. The lowest BCUT2D eigenvalue weighted by atomic mass is 10.2. The fourth-order valence-electron chi connectivity index (χ4n) is 0.964. The molecule has 0 aliphatic carbocycles. The number of nitrogens with one attached hydrogen (secondary N) is 1. The van der Waals surface area contributed by atoms with Crippen molar-refractivity contribution in [2.45, 2.75) is 13.3 Å². The van der Waals surface area contributed by atoms with E-state index in [2.05, 4.69) is 11.2 Å². The molecule has 13 heavy (non-hydrogen) atoms. The molecule has 0 bridgehead atoms. The Morgan fingerprint density at radius 3 is 3.08 bits per heavy atom. The zero-order valence-electron chi connectivity index (χ0n) is 7.46. The van der Waals surface area contributed by atoms with E-state index in [-0.39, 0.29) is 5.91 Å². The normalized spacial score (nSPS) is 9.23. The molecule has 0 unspecified atom stereocenters. The van der Waals surface area contributed by atoms with Crippen LogP contribution in [-0.4, -0.2) is 12.5 Å². The molecule has 1 N–H and O–H groups in total. The summed E-state index contributed by atoms with van der Waals surface area (Å²) in [5.74, 6) is 2.93. The van der Waals surface area contributed by atoms with Gasteiger partial charge in [-0.05, 0) is 13.0 Å². The molecule has 1 amide bonds. The van der Waals surface area contributed by atoms with Crippen LogP contribution < -0.4 is 5.32 Å². The number of hydrogen-bond acceptors (Lipinski definition) is 2. The maximum atomic E-state index is 11.4. The Kier molecular flexibility index (Phi) is 3.15. The van der Waals surface area contributed by atoms with Crippen molar-refractivity contribution in [3.63, 3.8) is 0 Å². The number of rotatable bonds is 3. The summed E-state index contributed by atoms with van der Waals surface area (Å²) in [6.45, 7) is 2.25. The van der Waals surface area contributed by atoms with Crippen LogP contribution in [0.4, 0.5) is 0 Å². The predicted molar refractivity (Wildman–Crippen MR) is 49.2 cm³/mol. The highest BCUT2D eigenvalue weighted by Gasteiger charge is 2.09. The lowest BCUT2D eigenvalue weighted by Gasteiger charge is -2.00. The molecule has 1 rings (SSSR count). The molecular weight excluding hydrogens is 166 g/mol. The molecule has 0 spiro atoms. The molecule has 0 aliphatic heterocycles. The van der Waals surface area contributed by atoms with Gasteiger partial charge in [-0.25, -0.2) is 0 Å². The molecule has 0 saturated carbocycles. The molecule has 1 heterocycles. The van der Waals surface area contributed by atoms with E-state index in [0.717, 1.165) is 0 Å². The third kappa shape index (κ3) is 2.38. The van der Waals surface area contributed by atoms with E-state index >= 15 is 0 Å². The maximum Gasteiger partial charge on any atom is 0.254 e. The van der Waals surface area contributed by atoms with Gasteiger partial charge in [0.2, 0.25) is 0 Å². The van der Waals surface area contributed by atoms with Gasteiger partial charge >= 0.3 is 0 Å². The minimum atomic E-state index is -0.137. The van der Waals surface area contributed by atoms with E-state index < -0.39 is 0 Å². The molecular formula is C10H11NO2. The van der Waals surface area contributed by atoms with Gasteiger partial charge in [-0.15, -0.1) is 12.3 Å². The van der Waals surface area contributed by atoms with Crippen LogP contribution in [-0.2, 0) is 0 Å². The molecule has 0 aliphatic rings. The standard InChI is InChI=1S/C10H11NO2/c1-3-4-6-11-10(12)9-5-7-13-8(9)2/h1,5,7H,4,6H2,2H3,(H,11,12). The summed E-state index contributed by atoms with van der Waals surface area (Å²) >= 11 is 0. The number of carbonyl (C=O) groups is 1. The van der Waals surface area contributed by atoms with Gasteiger partial charge in [0.1, 0.15) is 5.76 Å². The topological polar surface area (TPSA) is 42.2 Å². The average molecular weight is 177 g/mol. The monoisotopic (exact) mass is 177 g/mol. The first-order valence-corrected chi connectivity index (χ1v) is 4.01. The minimum absolute atomic E-state index is 0.137. The van der Waals surface area contributed by atoms with E-state index in [1.54, 1.807) is 13.0 Å². The molecule has 0 saturated heterocycles. The Morgan fingerprint density at radius 2 is 2.54 bits per heavy atom. The van der Waals surface area contributed by atoms with Crippen molar-refractivity contribution < 1.29 is 9.21 Å². The van der Waals surface area contributed by atoms with Crippen molar-refractivity contribution in [1.82, 2.24) is 5.32 Å². The fourth-order valence-corrected chi connectivity index (χ4v) is 0.964. The largest absolute Gasteiger partial charge is 0.469 e. The van der Waals surface area contributed by atoms with Crippen LogP contribution in [0.15, 0.2) is 16.7 Å². The number of hydrogen-bond donors (Lipinski definition) is 1. The first-order valence-electron chi connectivity index (χ1n) is 4.01. The SMILES string of the molecule is C#CCCNC(=O)c1ccoc1C. The summed E-state index contributed by atoms with van der Waals surface area (Å²) in [5, 5.41) is 2.69. The Balaban J connectivity index is 2.50. The number of aryl methyl sites for hydroxylation is 1. The van der Waals surface area contributed by atoms with Crippen LogP contribution in [0, 0.1) is 19.3 Å². The average Bonchev–Trinajstić information content (AvgIpc) is 2.52. The molecule has 1 aromatic rings. The molecule has 0 atom stereocenters.